The van der Waals surface area contributed by atoms with Gasteiger partial charge in [-0.1, -0.05) is 12.1 Å². The lowest BCUT2D eigenvalue weighted by Crippen LogP contribution is -2.17. The monoisotopic (exact) mass is 203 g/mol. The van der Waals surface area contributed by atoms with Crippen LogP contribution in [-0.4, -0.2) is 12.9 Å². The zero-order valence-electron chi connectivity index (χ0n) is 7.19. The second-order valence-electron chi connectivity index (χ2n) is 3.01. The van der Waals surface area contributed by atoms with E-state index in [9.17, 15) is 13.2 Å². The fourth-order valence-electron chi connectivity index (χ4n) is 1.52. The third-order valence-electron chi connectivity index (χ3n) is 2.03. The molecule has 1 N–H and O–H groups in total. The van der Waals surface area contributed by atoms with Crippen LogP contribution in [0.4, 0.5) is 18.9 Å². The number of hydrogen-bond acceptors (Lipinski definition) is 2. The predicted molar refractivity (Wildman–Crippen MR) is 45.3 cm³/mol. The molecule has 0 amide bonds. The molecule has 5 heteroatoms. The van der Waals surface area contributed by atoms with Gasteiger partial charge in [0.05, 0.1) is 5.69 Å². The highest BCUT2D eigenvalue weighted by Crippen LogP contribution is 2.35. The van der Waals surface area contributed by atoms with Gasteiger partial charge in [0.2, 0.25) is 0 Å². The highest BCUT2D eigenvalue weighted by Gasteiger charge is 2.32. The minimum absolute atomic E-state index is 0.146. The van der Waals surface area contributed by atoms with Gasteiger partial charge in [0.1, 0.15) is 0 Å². The zero-order valence-corrected chi connectivity index (χ0v) is 7.19. The van der Waals surface area contributed by atoms with Crippen molar-refractivity contribution in [3.63, 3.8) is 0 Å². The van der Waals surface area contributed by atoms with Gasteiger partial charge < -0.3 is 10.1 Å². The average Bonchev–Trinajstić information content (AvgIpc) is 2.49. The molecular formula is C9H8F3NO. The number of rotatable bonds is 1. The minimum atomic E-state index is -4.63. The molecule has 0 aromatic heterocycles. The summed E-state index contributed by atoms with van der Waals surface area (Å²) in [7, 11) is 0. The normalized spacial score (nSPS) is 14.8. The molecule has 0 spiro atoms. The Labute approximate surface area is 78.7 Å². The van der Waals surface area contributed by atoms with Gasteiger partial charge in [0, 0.05) is 6.54 Å². The summed E-state index contributed by atoms with van der Waals surface area (Å²) < 4.78 is 39.8. The number of anilines is 1. The molecule has 14 heavy (non-hydrogen) atoms. The van der Waals surface area contributed by atoms with E-state index in [0.29, 0.717) is 12.2 Å². The molecule has 76 valence electrons. The van der Waals surface area contributed by atoms with E-state index >= 15 is 0 Å². The summed E-state index contributed by atoms with van der Waals surface area (Å²) in [5.74, 6) is -0.146. The maximum Gasteiger partial charge on any atom is 0.573 e. The number of hydrogen-bond donors (Lipinski definition) is 1. The second-order valence-corrected chi connectivity index (χ2v) is 3.01. The van der Waals surface area contributed by atoms with E-state index < -0.39 is 6.36 Å². The molecule has 1 aromatic rings. The maximum atomic E-state index is 12.0. The summed E-state index contributed by atoms with van der Waals surface area (Å²) in [6, 6.07) is 4.66. The predicted octanol–water partition coefficient (Wildman–Crippen LogP) is 2.55. The van der Waals surface area contributed by atoms with Crippen molar-refractivity contribution >= 4 is 5.69 Å². The van der Waals surface area contributed by atoms with Crippen molar-refractivity contribution in [2.75, 3.05) is 11.9 Å². The van der Waals surface area contributed by atoms with Gasteiger partial charge >= 0.3 is 6.36 Å². The van der Waals surface area contributed by atoms with Gasteiger partial charge in [-0.3, -0.25) is 0 Å². The molecule has 1 aromatic carbocycles. The lowest BCUT2D eigenvalue weighted by molar-refractivity contribution is -0.274. The standard InChI is InChI=1S/C9H8F3NO/c10-9(11,12)14-7-3-1-2-6-4-5-13-8(6)7/h1-3,13H,4-5H2. The Hall–Kier alpha value is -1.39. The van der Waals surface area contributed by atoms with Crippen LogP contribution >= 0.6 is 0 Å². The molecule has 0 bridgehead atoms. The van der Waals surface area contributed by atoms with Crippen LogP contribution < -0.4 is 10.1 Å². The van der Waals surface area contributed by atoms with E-state index in [0.717, 1.165) is 12.0 Å². The van der Waals surface area contributed by atoms with Gasteiger partial charge in [0.25, 0.3) is 0 Å². The van der Waals surface area contributed by atoms with Crippen molar-refractivity contribution in [3.8, 4) is 5.75 Å². The van der Waals surface area contributed by atoms with Gasteiger partial charge in [-0.15, -0.1) is 13.2 Å². The Morgan fingerprint density at radius 2 is 2.07 bits per heavy atom. The van der Waals surface area contributed by atoms with Gasteiger partial charge in [0.15, 0.2) is 5.75 Å². The molecular weight excluding hydrogens is 195 g/mol. The Balaban J connectivity index is 2.31. The van der Waals surface area contributed by atoms with Crippen LogP contribution in [0.25, 0.3) is 0 Å². The second kappa shape index (κ2) is 3.08. The molecule has 0 saturated heterocycles. The molecule has 0 fully saturated rings. The molecule has 0 aliphatic carbocycles. The van der Waals surface area contributed by atoms with Gasteiger partial charge in [-0.05, 0) is 18.1 Å². The molecule has 0 atom stereocenters. The molecule has 1 aliphatic heterocycles. The highest BCUT2D eigenvalue weighted by molar-refractivity contribution is 5.65. The van der Waals surface area contributed by atoms with E-state index in [1.807, 2.05) is 0 Å². The van der Waals surface area contributed by atoms with Crippen molar-refractivity contribution in [1.82, 2.24) is 0 Å². The summed E-state index contributed by atoms with van der Waals surface area (Å²) in [5, 5.41) is 2.87. The third-order valence-corrected chi connectivity index (χ3v) is 2.03. The molecule has 2 rings (SSSR count). The smallest absolute Gasteiger partial charge is 0.404 e. The summed E-state index contributed by atoms with van der Waals surface area (Å²) in [4.78, 5) is 0. The summed E-state index contributed by atoms with van der Waals surface area (Å²) in [6.07, 6.45) is -3.89. The fraction of sp³-hybridized carbons (Fsp3) is 0.333. The molecule has 0 radical (unpaired) electrons. The number of ether oxygens (including phenoxy) is 1. The first-order chi connectivity index (χ1) is 6.56. The van der Waals surface area contributed by atoms with Crippen molar-refractivity contribution in [3.05, 3.63) is 23.8 Å². The van der Waals surface area contributed by atoms with E-state index in [4.69, 9.17) is 0 Å². The van der Waals surface area contributed by atoms with Crippen molar-refractivity contribution in [2.45, 2.75) is 12.8 Å². The lowest BCUT2D eigenvalue weighted by atomic mass is 10.1. The highest BCUT2D eigenvalue weighted by atomic mass is 19.4. The Morgan fingerprint density at radius 1 is 1.29 bits per heavy atom. The number of fused-ring (bicyclic) bond motifs is 1. The largest absolute Gasteiger partial charge is 0.573 e. The Morgan fingerprint density at radius 3 is 2.79 bits per heavy atom. The van der Waals surface area contributed by atoms with Crippen LogP contribution in [0, 0.1) is 0 Å². The van der Waals surface area contributed by atoms with E-state index in [-0.39, 0.29) is 5.75 Å². The Kier molecular flexibility index (Phi) is 2.02. The number of alkyl halides is 3. The van der Waals surface area contributed by atoms with E-state index in [1.165, 1.54) is 6.07 Å². The minimum Gasteiger partial charge on any atom is -0.404 e. The molecule has 1 heterocycles. The molecule has 0 saturated carbocycles. The topological polar surface area (TPSA) is 21.3 Å². The van der Waals surface area contributed by atoms with Gasteiger partial charge in [-0.25, -0.2) is 0 Å². The molecule has 1 aliphatic rings. The number of nitrogens with one attached hydrogen (secondary N) is 1. The van der Waals surface area contributed by atoms with Crippen LogP contribution in [0.15, 0.2) is 18.2 Å². The lowest BCUT2D eigenvalue weighted by Gasteiger charge is -2.12. The van der Waals surface area contributed by atoms with Crippen LogP contribution in [0.3, 0.4) is 0 Å². The number of benzene rings is 1. The van der Waals surface area contributed by atoms with Crippen LogP contribution in [0.1, 0.15) is 5.56 Å². The van der Waals surface area contributed by atoms with Crippen molar-refractivity contribution < 1.29 is 17.9 Å². The van der Waals surface area contributed by atoms with E-state index in [2.05, 4.69) is 10.1 Å². The number of para-hydroxylation sites is 1. The molecule has 2 nitrogen and oxygen atoms in total. The van der Waals surface area contributed by atoms with Crippen molar-refractivity contribution in [1.29, 1.82) is 0 Å². The van der Waals surface area contributed by atoms with Crippen LogP contribution in [0.2, 0.25) is 0 Å². The average molecular weight is 203 g/mol. The van der Waals surface area contributed by atoms with Gasteiger partial charge in [-0.2, -0.15) is 0 Å². The first kappa shape index (κ1) is 9.18. The van der Waals surface area contributed by atoms with E-state index in [1.54, 1.807) is 12.1 Å². The summed E-state index contributed by atoms with van der Waals surface area (Å²) >= 11 is 0. The summed E-state index contributed by atoms with van der Waals surface area (Å²) in [6.45, 7) is 0.660. The van der Waals surface area contributed by atoms with Crippen LogP contribution in [-0.2, 0) is 6.42 Å². The molecule has 0 unspecified atom stereocenters. The van der Waals surface area contributed by atoms with Crippen LogP contribution in [0.5, 0.6) is 5.75 Å². The first-order valence-corrected chi connectivity index (χ1v) is 4.18. The fourth-order valence-corrected chi connectivity index (χ4v) is 1.52. The quantitative estimate of drug-likeness (QED) is 0.757. The third kappa shape index (κ3) is 1.76. The summed E-state index contributed by atoms with van der Waals surface area (Å²) in [5.41, 5.74) is 1.33. The van der Waals surface area contributed by atoms with Crippen molar-refractivity contribution in [2.24, 2.45) is 0 Å². The number of halogens is 3. The zero-order chi connectivity index (χ0) is 10.2. The first-order valence-electron chi connectivity index (χ1n) is 4.18. The maximum absolute atomic E-state index is 12.0. The Bertz CT molecular complexity index is 348. The SMILES string of the molecule is FC(F)(F)Oc1cccc2c1NCC2.